The summed E-state index contributed by atoms with van der Waals surface area (Å²) in [4.78, 5) is 10.4. The van der Waals surface area contributed by atoms with Gasteiger partial charge in [-0.3, -0.25) is 10.1 Å². The van der Waals surface area contributed by atoms with Gasteiger partial charge >= 0.3 is 0 Å². The summed E-state index contributed by atoms with van der Waals surface area (Å²) in [6, 6.07) is 2.07. The van der Waals surface area contributed by atoms with Crippen LogP contribution in [0.1, 0.15) is 30.9 Å². The average molecular weight is 257 g/mol. The molecule has 0 unspecified atom stereocenters. The third-order valence-corrected chi connectivity index (χ3v) is 3.64. The molecule has 0 aliphatic heterocycles. The first-order valence-electron chi connectivity index (χ1n) is 5.43. The van der Waals surface area contributed by atoms with Crippen LogP contribution in [0.3, 0.4) is 0 Å². The molecule has 6 heteroatoms. The molecular formula is C11H13ClN2O3. The first-order valence-corrected chi connectivity index (χ1v) is 5.81. The van der Waals surface area contributed by atoms with Crippen LogP contribution < -0.4 is 5.73 Å². The molecule has 1 saturated carbocycles. The van der Waals surface area contributed by atoms with Gasteiger partial charge < -0.3 is 10.8 Å². The Morgan fingerprint density at radius 3 is 2.65 bits per heavy atom. The smallest absolute Gasteiger partial charge is 0.278 e. The SMILES string of the molecule is N[C@@H](c1c([N+](=O)[O-])ccc(Cl)c1O)C1CCC1. The summed E-state index contributed by atoms with van der Waals surface area (Å²) in [5.41, 5.74) is 5.98. The van der Waals surface area contributed by atoms with Crippen LogP contribution in [0.15, 0.2) is 12.1 Å². The van der Waals surface area contributed by atoms with Crippen molar-refractivity contribution < 1.29 is 10.0 Å². The lowest BCUT2D eigenvalue weighted by atomic mass is 9.77. The highest BCUT2D eigenvalue weighted by molar-refractivity contribution is 6.32. The topological polar surface area (TPSA) is 89.4 Å². The summed E-state index contributed by atoms with van der Waals surface area (Å²) in [6.07, 6.45) is 2.95. The normalized spacial score (nSPS) is 17.5. The van der Waals surface area contributed by atoms with Gasteiger partial charge in [0.2, 0.25) is 0 Å². The molecular weight excluding hydrogens is 244 g/mol. The van der Waals surface area contributed by atoms with Crippen molar-refractivity contribution in [2.45, 2.75) is 25.3 Å². The van der Waals surface area contributed by atoms with Crippen LogP contribution in [0.4, 0.5) is 5.69 Å². The van der Waals surface area contributed by atoms with E-state index < -0.39 is 11.0 Å². The zero-order valence-corrected chi connectivity index (χ0v) is 9.85. The van der Waals surface area contributed by atoms with Gasteiger partial charge in [-0.2, -0.15) is 0 Å². The molecule has 0 aromatic heterocycles. The highest BCUT2D eigenvalue weighted by atomic mass is 35.5. The molecule has 5 nitrogen and oxygen atoms in total. The summed E-state index contributed by atoms with van der Waals surface area (Å²) in [7, 11) is 0. The second-order valence-electron chi connectivity index (χ2n) is 4.30. The predicted molar refractivity (Wildman–Crippen MR) is 64.0 cm³/mol. The van der Waals surface area contributed by atoms with E-state index in [1.165, 1.54) is 12.1 Å². The monoisotopic (exact) mass is 256 g/mol. The standard InChI is InChI=1S/C11H13ClN2O3/c12-7-4-5-8(14(16)17)9(11(7)15)10(13)6-2-1-3-6/h4-6,10,15H,1-3,13H2/t10-/m1/s1. The molecule has 0 bridgehead atoms. The minimum atomic E-state index is -0.538. The first kappa shape index (κ1) is 12.1. The molecule has 1 fully saturated rings. The Balaban J connectivity index is 2.48. The third-order valence-electron chi connectivity index (χ3n) is 3.33. The lowest BCUT2D eigenvalue weighted by Gasteiger charge is -2.31. The minimum Gasteiger partial charge on any atom is -0.506 e. The molecule has 1 aromatic carbocycles. The maximum atomic E-state index is 10.9. The highest BCUT2D eigenvalue weighted by Gasteiger charge is 2.33. The fourth-order valence-corrected chi connectivity index (χ4v) is 2.26. The fraction of sp³-hybridized carbons (Fsp3) is 0.455. The Hall–Kier alpha value is -1.33. The van der Waals surface area contributed by atoms with Crippen molar-refractivity contribution in [2.75, 3.05) is 0 Å². The van der Waals surface area contributed by atoms with Crippen LogP contribution >= 0.6 is 11.6 Å². The van der Waals surface area contributed by atoms with Gasteiger partial charge in [-0.1, -0.05) is 18.0 Å². The third kappa shape index (κ3) is 2.08. The van der Waals surface area contributed by atoms with E-state index in [9.17, 15) is 15.2 Å². The minimum absolute atomic E-state index is 0.0976. The number of halogens is 1. The van der Waals surface area contributed by atoms with Gasteiger partial charge in [0.25, 0.3) is 5.69 Å². The van der Waals surface area contributed by atoms with Crippen molar-refractivity contribution in [3.05, 3.63) is 32.8 Å². The number of aromatic hydroxyl groups is 1. The number of phenolic OH excluding ortho intramolecular Hbond substituents is 1. The Bertz CT molecular complexity index is 460. The van der Waals surface area contributed by atoms with Gasteiger partial charge in [0.1, 0.15) is 5.75 Å². The van der Waals surface area contributed by atoms with Crippen LogP contribution in [-0.2, 0) is 0 Å². The molecule has 0 heterocycles. The molecule has 1 aliphatic carbocycles. The summed E-state index contributed by atoms with van der Waals surface area (Å²) >= 11 is 5.77. The molecule has 1 aromatic rings. The van der Waals surface area contributed by atoms with Crippen LogP contribution in [0.5, 0.6) is 5.75 Å². The van der Waals surface area contributed by atoms with Crippen molar-refractivity contribution in [3.8, 4) is 5.75 Å². The first-order chi connectivity index (χ1) is 8.02. The molecule has 0 amide bonds. The maximum Gasteiger partial charge on any atom is 0.278 e. The summed E-state index contributed by atoms with van der Waals surface area (Å²) < 4.78 is 0. The Morgan fingerprint density at radius 1 is 1.53 bits per heavy atom. The van der Waals surface area contributed by atoms with Crippen molar-refractivity contribution in [3.63, 3.8) is 0 Å². The molecule has 0 spiro atoms. The van der Waals surface area contributed by atoms with Gasteiger partial charge in [-0.05, 0) is 24.8 Å². The van der Waals surface area contributed by atoms with Crippen LogP contribution in [0, 0.1) is 16.0 Å². The molecule has 0 saturated heterocycles. The fourth-order valence-electron chi connectivity index (χ4n) is 2.09. The number of nitrogens with zero attached hydrogens (tertiary/aromatic N) is 1. The summed E-state index contributed by atoms with van der Waals surface area (Å²) in [5, 5.41) is 20.9. The molecule has 3 N–H and O–H groups in total. The summed E-state index contributed by atoms with van der Waals surface area (Å²) in [5.74, 6) is -0.0710. The zero-order chi connectivity index (χ0) is 12.6. The van der Waals surface area contributed by atoms with E-state index in [1.54, 1.807) is 0 Å². The Morgan fingerprint density at radius 2 is 2.18 bits per heavy atom. The average Bonchev–Trinajstić information content (AvgIpc) is 2.18. The van der Waals surface area contributed by atoms with E-state index in [1.807, 2.05) is 0 Å². The number of hydrogen-bond acceptors (Lipinski definition) is 4. The molecule has 1 aliphatic rings. The van der Waals surface area contributed by atoms with E-state index in [4.69, 9.17) is 17.3 Å². The number of benzene rings is 1. The number of rotatable bonds is 3. The van der Waals surface area contributed by atoms with E-state index in [0.29, 0.717) is 0 Å². The van der Waals surface area contributed by atoms with Crippen molar-refractivity contribution in [1.29, 1.82) is 0 Å². The number of hydrogen-bond donors (Lipinski definition) is 2. The second kappa shape index (κ2) is 4.50. The maximum absolute atomic E-state index is 10.9. The van der Waals surface area contributed by atoms with Crippen LogP contribution in [0.2, 0.25) is 5.02 Å². The highest BCUT2D eigenvalue weighted by Crippen LogP contribution is 2.44. The predicted octanol–water partition coefficient (Wildman–Crippen LogP) is 2.75. The van der Waals surface area contributed by atoms with Gasteiger partial charge in [0, 0.05) is 12.1 Å². The van der Waals surface area contributed by atoms with Crippen LogP contribution in [0.25, 0.3) is 0 Å². The Labute approximate surface area is 103 Å². The molecule has 1 atom stereocenters. The number of nitro benzene ring substituents is 1. The molecule has 0 radical (unpaired) electrons. The van der Waals surface area contributed by atoms with Gasteiger partial charge in [-0.15, -0.1) is 0 Å². The lowest BCUT2D eigenvalue weighted by molar-refractivity contribution is -0.385. The van der Waals surface area contributed by atoms with Crippen molar-refractivity contribution >= 4 is 17.3 Å². The van der Waals surface area contributed by atoms with Crippen LogP contribution in [-0.4, -0.2) is 10.0 Å². The quantitative estimate of drug-likeness (QED) is 0.643. The molecule has 17 heavy (non-hydrogen) atoms. The van der Waals surface area contributed by atoms with E-state index in [0.717, 1.165) is 19.3 Å². The van der Waals surface area contributed by atoms with E-state index in [-0.39, 0.29) is 27.9 Å². The van der Waals surface area contributed by atoms with Gasteiger partial charge in [-0.25, -0.2) is 0 Å². The molecule has 2 rings (SSSR count). The largest absolute Gasteiger partial charge is 0.506 e. The van der Waals surface area contributed by atoms with E-state index >= 15 is 0 Å². The Kier molecular flexibility index (Phi) is 3.22. The summed E-state index contributed by atoms with van der Waals surface area (Å²) in [6.45, 7) is 0. The van der Waals surface area contributed by atoms with Gasteiger partial charge in [0.15, 0.2) is 0 Å². The number of nitro groups is 1. The number of nitrogens with two attached hydrogens (primary N) is 1. The second-order valence-corrected chi connectivity index (χ2v) is 4.71. The zero-order valence-electron chi connectivity index (χ0n) is 9.10. The van der Waals surface area contributed by atoms with E-state index in [2.05, 4.69) is 0 Å². The lowest BCUT2D eigenvalue weighted by Crippen LogP contribution is -2.27. The van der Waals surface area contributed by atoms with Gasteiger partial charge in [0.05, 0.1) is 15.5 Å². The number of phenols is 1. The molecule has 92 valence electrons. The van der Waals surface area contributed by atoms with Crippen molar-refractivity contribution in [1.82, 2.24) is 0 Å². The van der Waals surface area contributed by atoms with Crippen molar-refractivity contribution in [2.24, 2.45) is 11.7 Å².